The number of carboxylic acids is 1. The first kappa shape index (κ1) is 13.6. The lowest BCUT2D eigenvalue weighted by Crippen LogP contribution is -2.07. The number of hydrogen-bond donors (Lipinski definition) is 2. The quantitative estimate of drug-likeness (QED) is 0.495. The molecule has 20 heavy (non-hydrogen) atoms. The first-order chi connectivity index (χ1) is 9.40. The van der Waals surface area contributed by atoms with Crippen molar-refractivity contribution in [1.82, 2.24) is 4.98 Å². The second-order valence-electron chi connectivity index (χ2n) is 3.67. The number of nitrogen functional groups attached to an aromatic ring is 1. The van der Waals surface area contributed by atoms with Crippen LogP contribution in [0.3, 0.4) is 0 Å². The summed E-state index contributed by atoms with van der Waals surface area (Å²) in [4.78, 5) is 36.5. The molecular formula is C11H7N3O5S. The molecule has 2 aromatic rings. The number of carboxylic acid groups (broad SMARTS) is 1. The molecule has 0 unspecified atom stereocenters. The predicted molar refractivity (Wildman–Crippen MR) is 70.0 cm³/mol. The number of ketones is 1. The zero-order valence-corrected chi connectivity index (χ0v) is 10.6. The summed E-state index contributed by atoms with van der Waals surface area (Å²) in [7, 11) is 0. The molecule has 0 aliphatic carbocycles. The average molecular weight is 293 g/mol. The molecule has 0 aliphatic heterocycles. The minimum atomic E-state index is -1.36. The highest BCUT2D eigenvalue weighted by Gasteiger charge is 2.23. The molecule has 2 rings (SSSR count). The largest absolute Gasteiger partial charge is 0.476 e. The third-order valence-corrected chi connectivity index (χ3v) is 3.28. The predicted octanol–water partition coefficient (Wildman–Crippen LogP) is 1.56. The summed E-state index contributed by atoms with van der Waals surface area (Å²) in [6.45, 7) is 0. The Labute approximate surface area is 115 Å². The molecule has 0 fully saturated rings. The van der Waals surface area contributed by atoms with Crippen LogP contribution in [0.1, 0.15) is 25.7 Å². The Kier molecular flexibility index (Phi) is 3.44. The smallest absolute Gasteiger partial charge is 0.356 e. The van der Waals surface area contributed by atoms with E-state index < -0.39 is 22.4 Å². The van der Waals surface area contributed by atoms with Crippen LogP contribution in [0.2, 0.25) is 0 Å². The van der Waals surface area contributed by atoms with E-state index in [1.807, 2.05) is 0 Å². The van der Waals surface area contributed by atoms with Crippen molar-refractivity contribution in [2.45, 2.75) is 0 Å². The SMILES string of the molecule is Nc1nc(C(=O)O)c(C(=O)c2ccc([N+](=O)[O-])cc2)s1. The second kappa shape index (κ2) is 5.05. The molecule has 0 spiro atoms. The van der Waals surface area contributed by atoms with E-state index in [1.165, 1.54) is 12.1 Å². The van der Waals surface area contributed by atoms with Gasteiger partial charge >= 0.3 is 5.97 Å². The maximum atomic E-state index is 12.1. The van der Waals surface area contributed by atoms with Gasteiger partial charge in [-0.05, 0) is 12.1 Å². The number of anilines is 1. The highest BCUT2D eigenvalue weighted by atomic mass is 32.1. The fourth-order valence-electron chi connectivity index (χ4n) is 1.50. The Morgan fingerprint density at radius 3 is 2.40 bits per heavy atom. The maximum absolute atomic E-state index is 12.1. The summed E-state index contributed by atoms with van der Waals surface area (Å²) in [6, 6.07) is 4.83. The van der Waals surface area contributed by atoms with Gasteiger partial charge in [0.15, 0.2) is 10.8 Å². The molecule has 0 bridgehead atoms. The monoisotopic (exact) mass is 293 g/mol. The van der Waals surface area contributed by atoms with Crippen LogP contribution < -0.4 is 5.73 Å². The van der Waals surface area contributed by atoms with Crippen LogP contribution in [0.15, 0.2) is 24.3 Å². The lowest BCUT2D eigenvalue weighted by molar-refractivity contribution is -0.384. The van der Waals surface area contributed by atoms with Gasteiger partial charge in [0.2, 0.25) is 5.78 Å². The van der Waals surface area contributed by atoms with Crippen molar-refractivity contribution < 1.29 is 19.6 Å². The van der Waals surface area contributed by atoms with Gasteiger partial charge in [-0.15, -0.1) is 0 Å². The third-order valence-electron chi connectivity index (χ3n) is 2.39. The van der Waals surface area contributed by atoms with E-state index in [2.05, 4.69) is 4.98 Å². The summed E-state index contributed by atoms with van der Waals surface area (Å²) in [5.41, 5.74) is 4.94. The number of nitro benzene ring substituents is 1. The van der Waals surface area contributed by atoms with Gasteiger partial charge in [-0.1, -0.05) is 11.3 Å². The first-order valence-corrected chi connectivity index (χ1v) is 6.00. The van der Waals surface area contributed by atoms with Gasteiger partial charge < -0.3 is 10.8 Å². The van der Waals surface area contributed by atoms with Gasteiger partial charge in [0.05, 0.1) is 4.92 Å². The summed E-state index contributed by atoms with van der Waals surface area (Å²) < 4.78 is 0. The van der Waals surface area contributed by atoms with E-state index in [1.54, 1.807) is 0 Å². The number of aromatic carboxylic acids is 1. The number of nitro groups is 1. The number of nitrogens with two attached hydrogens (primary N) is 1. The van der Waals surface area contributed by atoms with E-state index in [4.69, 9.17) is 10.8 Å². The molecule has 8 nitrogen and oxygen atoms in total. The molecule has 0 radical (unpaired) electrons. The number of hydrogen-bond acceptors (Lipinski definition) is 7. The summed E-state index contributed by atoms with van der Waals surface area (Å²) in [5, 5.41) is 19.4. The molecule has 9 heteroatoms. The van der Waals surface area contributed by atoms with Crippen molar-refractivity contribution in [3.63, 3.8) is 0 Å². The first-order valence-electron chi connectivity index (χ1n) is 5.19. The molecule has 0 aliphatic rings. The van der Waals surface area contributed by atoms with Crippen molar-refractivity contribution in [3.8, 4) is 0 Å². The minimum Gasteiger partial charge on any atom is -0.476 e. The van der Waals surface area contributed by atoms with Gasteiger partial charge in [0, 0.05) is 17.7 Å². The highest BCUT2D eigenvalue weighted by Crippen LogP contribution is 2.24. The van der Waals surface area contributed by atoms with Crippen molar-refractivity contribution in [2.24, 2.45) is 0 Å². The number of nitrogens with zero attached hydrogens (tertiary/aromatic N) is 2. The Morgan fingerprint density at radius 1 is 1.30 bits per heavy atom. The Morgan fingerprint density at radius 2 is 1.90 bits per heavy atom. The van der Waals surface area contributed by atoms with Crippen molar-refractivity contribution >= 4 is 33.9 Å². The van der Waals surface area contributed by atoms with E-state index in [0.717, 1.165) is 23.5 Å². The molecule has 3 N–H and O–H groups in total. The standard InChI is InChI=1S/C11H7N3O5S/c12-11-13-7(10(16)17)9(20-11)8(15)5-1-3-6(4-2-5)14(18)19/h1-4H,(H2,12,13)(H,16,17). The fourth-order valence-corrected chi connectivity index (χ4v) is 2.29. The van der Waals surface area contributed by atoms with Gasteiger partial charge in [-0.2, -0.15) is 0 Å². The van der Waals surface area contributed by atoms with Gasteiger partial charge in [-0.3, -0.25) is 14.9 Å². The number of carbonyl (C=O) groups excluding carboxylic acids is 1. The highest BCUT2D eigenvalue weighted by molar-refractivity contribution is 7.17. The maximum Gasteiger partial charge on any atom is 0.356 e. The van der Waals surface area contributed by atoms with Crippen LogP contribution in [0.25, 0.3) is 0 Å². The summed E-state index contributed by atoms with van der Waals surface area (Å²) in [5.74, 6) is -1.95. The van der Waals surface area contributed by atoms with Crippen LogP contribution in [-0.4, -0.2) is 26.8 Å². The molecule has 0 saturated heterocycles. The number of non-ortho nitro benzene ring substituents is 1. The molecule has 0 atom stereocenters. The number of thiazole rings is 1. The molecule has 1 heterocycles. The molecule has 0 saturated carbocycles. The lowest BCUT2D eigenvalue weighted by Gasteiger charge is -1.99. The normalized spacial score (nSPS) is 10.2. The average Bonchev–Trinajstić information content (AvgIpc) is 2.80. The van der Waals surface area contributed by atoms with Crippen LogP contribution >= 0.6 is 11.3 Å². The number of rotatable bonds is 4. The summed E-state index contributed by atoms with van der Waals surface area (Å²) >= 11 is 0.759. The molecule has 1 aromatic carbocycles. The molecule has 0 amide bonds. The second-order valence-corrected chi connectivity index (χ2v) is 4.70. The van der Waals surface area contributed by atoms with E-state index in [-0.39, 0.29) is 21.3 Å². The van der Waals surface area contributed by atoms with Gasteiger partial charge in [0.1, 0.15) is 4.88 Å². The Bertz CT molecular complexity index is 707. The van der Waals surface area contributed by atoms with Crippen molar-refractivity contribution in [2.75, 3.05) is 5.73 Å². The van der Waals surface area contributed by atoms with Crippen LogP contribution in [-0.2, 0) is 0 Å². The number of carbonyl (C=O) groups is 2. The van der Waals surface area contributed by atoms with Crippen LogP contribution in [0.4, 0.5) is 10.8 Å². The van der Waals surface area contributed by atoms with Crippen LogP contribution in [0, 0.1) is 10.1 Å². The topological polar surface area (TPSA) is 136 Å². The van der Waals surface area contributed by atoms with Crippen LogP contribution in [0.5, 0.6) is 0 Å². The number of aromatic nitrogens is 1. The molecule has 1 aromatic heterocycles. The fraction of sp³-hybridized carbons (Fsp3) is 0. The van der Waals surface area contributed by atoms with E-state index in [0.29, 0.717) is 0 Å². The number of benzene rings is 1. The van der Waals surface area contributed by atoms with Gasteiger partial charge in [-0.25, -0.2) is 9.78 Å². The third kappa shape index (κ3) is 2.47. The molecule has 102 valence electrons. The van der Waals surface area contributed by atoms with Crippen molar-refractivity contribution in [3.05, 3.63) is 50.5 Å². The lowest BCUT2D eigenvalue weighted by atomic mass is 10.1. The Balaban J connectivity index is 2.41. The zero-order chi connectivity index (χ0) is 14.9. The Hall–Kier alpha value is -2.81. The minimum absolute atomic E-state index is 0.0346. The molecular weight excluding hydrogens is 286 g/mol. The van der Waals surface area contributed by atoms with E-state index >= 15 is 0 Å². The van der Waals surface area contributed by atoms with E-state index in [9.17, 15) is 19.7 Å². The van der Waals surface area contributed by atoms with Gasteiger partial charge in [0.25, 0.3) is 5.69 Å². The zero-order valence-electron chi connectivity index (χ0n) is 9.77. The van der Waals surface area contributed by atoms with Crippen molar-refractivity contribution in [1.29, 1.82) is 0 Å². The summed E-state index contributed by atoms with van der Waals surface area (Å²) in [6.07, 6.45) is 0.